The van der Waals surface area contributed by atoms with Crippen LogP contribution in [0.3, 0.4) is 0 Å². The standard InChI is InChI=1S/C18H25N3OS2/c1-11(2)8-9-19-15(22)10-23-17-16-13-6-4-5-7-14(13)24-18(16)21-12(3)20-17/h11H,4-10H2,1-3H3,(H,19,22). The summed E-state index contributed by atoms with van der Waals surface area (Å²) in [6, 6.07) is 0. The first-order valence-electron chi connectivity index (χ1n) is 8.73. The average molecular weight is 364 g/mol. The highest BCUT2D eigenvalue weighted by atomic mass is 32.2. The minimum absolute atomic E-state index is 0.0918. The summed E-state index contributed by atoms with van der Waals surface area (Å²) in [5, 5.41) is 5.19. The fraction of sp³-hybridized carbons (Fsp3) is 0.611. The SMILES string of the molecule is Cc1nc(SCC(=O)NCCC(C)C)c2c3c(sc2n1)CCCC3. The molecular formula is C18H25N3OS2. The van der Waals surface area contributed by atoms with Crippen LogP contribution in [0.5, 0.6) is 0 Å². The van der Waals surface area contributed by atoms with Crippen LogP contribution in [0.4, 0.5) is 0 Å². The molecule has 0 aromatic carbocycles. The van der Waals surface area contributed by atoms with Crippen LogP contribution in [0, 0.1) is 12.8 Å². The fourth-order valence-corrected chi connectivity index (χ4v) is 5.32. The van der Waals surface area contributed by atoms with Crippen molar-refractivity contribution in [1.29, 1.82) is 0 Å². The zero-order valence-electron chi connectivity index (χ0n) is 14.6. The number of nitrogens with one attached hydrogen (secondary N) is 1. The molecule has 2 aromatic heterocycles. The molecule has 4 nitrogen and oxygen atoms in total. The Morgan fingerprint density at radius 3 is 2.88 bits per heavy atom. The van der Waals surface area contributed by atoms with Gasteiger partial charge >= 0.3 is 0 Å². The zero-order chi connectivity index (χ0) is 17.1. The van der Waals surface area contributed by atoms with Crippen molar-refractivity contribution in [2.45, 2.75) is 57.9 Å². The average Bonchev–Trinajstić information content (AvgIpc) is 2.90. The molecule has 0 bridgehead atoms. The van der Waals surface area contributed by atoms with Crippen molar-refractivity contribution in [2.75, 3.05) is 12.3 Å². The summed E-state index contributed by atoms with van der Waals surface area (Å²) < 4.78 is 0. The van der Waals surface area contributed by atoms with E-state index in [0.29, 0.717) is 11.7 Å². The molecule has 2 heterocycles. The summed E-state index contributed by atoms with van der Waals surface area (Å²) in [5.41, 5.74) is 1.43. The minimum Gasteiger partial charge on any atom is -0.355 e. The topological polar surface area (TPSA) is 54.9 Å². The summed E-state index contributed by atoms with van der Waals surface area (Å²) in [6.45, 7) is 7.02. The Labute approximate surface area is 151 Å². The van der Waals surface area contributed by atoms with Crippen molar-refractivity contribution in [3.05, 3.63) is 16.3 Å². The number of aromatic nitrogens is 2. The predicted octanol–water partition coefficient (Wildman–Crippen LogP) is 4.13. The third kappa shape index (κ3) is 4.09. The van der Waals surface area contributed by atoms with Crippen LogP contribution in [-0.2, 0) is 17.6 Å². The number of amides is 1. The van der Waals surface area contributed by atoms with E-state index in [-0.39, 0.29) is 5.91 Å². The second-order valence-electron chi connectivity index (χ2n) is 6.79. The maximum Gasteiger partial charge on any atom is 0.230 e. The van der Waals surface area contributed by atoms with E-state index in [0.717, 1.165) is 41.5 Å². The van der Waals surface area contributed by atoms with Gasteiger partial charge in [0.2, 0.25) is 5.91 Å². The van der Waals surface area contributed by atoms with Gasteiger partial charge in [0.25, 0.3) is 0 Å². The molecule has 0 fully saturated rings. The van der Waals surface area contributed by atoms with Gasteiger partial charge in [0, 0.05) is 16.8 Å². The monoisotopic (exact) mass is 363 g/mol. The van der Waals surface area contributed by atoms with Crippen LogP contribution in [0.1, 0.15) is 49.4 Å². The Hall–Kier alpha value is -1.14. The first-order chi connectivity index (χ1) is 11.5. The molecule has 0 atom stereocenters. The highest BCUT2D eigenvalue weighted by molar-refractivity contribution is 8.00. The quantitative estimate of drug-likeness (QED) is 0.619. The second-order valence-corrected chi connectivity index (χ2v) is 8.84. The first kappa shape index (κ1) is 17.7. The molecule has 1 aliphatic rings. The molecular weight excluding hydrogens is 338 g/mol. The van der Waals surface area contributed by atoms with E-state index in [9.17, 15) is 4.79 Å². The Morgan fingerprint density at radius 1 is 1.29 bits per heavy atom. The molecule has 1 amide bonds. The molecule has 1 aliphatic carbocycles. The number of carbonyl (C=O) groups is 1. The first-order valence-corrected chi connectivity index (χ1v) is 10.5. The number of nitrogens with zero attached hydrogens (tertiary/aromatic N) is 2. The van der Waals surface area contributed by atoms with Gasteiger partial charge in [0.1, 0.15) is 15.7 Å². The zero-order valence-corrected chi connectivity index (χ0v) is 16.3. The van der Waals surface area contributed by atoms with Crippen molar-refractivity contribution < 1.29 is 4.79 Å². The number of fused-ring (bicyclic) bond motifs is 3. The van der Waals surface area contributed by atoms with Gasteiger partial charge in [0.05, 0.1) is 5.75 Å². The molecule has 130 valence electrons. The molecule has 6 heteroatoms. The molecule has 3 rings (SSSR count). The molecule has 2 aromatic rings. The van der Waals surface area contributed by atoms with Crippen LogP contribution in [0.25, 0.3) is 10.2 Å². The van der Waals surface area contributed by atoms with Gasteiger partial charge in [-0.15, -0.1) is 11.3 Å². The minimum atomic E-state index is 0.0918. The van der Waals surface area contributed by atoms with E-state index in [1.807, 2.05) is 18.3 Å². The predicted molar refractivity (Wildman–Crippen MR) is 102 cm³/mol. The molecule has 1 N–H and O–H groups in total. The number of aryl methyl sites for hydroxylation is 3. The van der Waals surface area contributed by atoms with Gasteiger partial charge in [0.15, 0.2) is 0 Å². The molecule has 0 saturated heterocycles. The molecule has 0 saturated carbocycles. The smallest absolute Gasteiger partial charge is 0.230 e. The van der Waals surface area contributed by atoms with Crippen LogP contribution in [0.2, 0.25) is 0 Å². The molecule has 0 radical (unpaired) electrons. The summed E-state index contributed by atoms with van der Waals surface area (Å²) in [4.78, 5) is 23.9. The number of hydrogen-bond donors (Lipinski definition) is 1. The largest absolute Gasteiger partial charge is 0.355 e. The van der Waals surface area contributed by atoms with Crippen molar-refractivity contribution >= 4 is 39.2 Å². The van der Waals surface area contributed by atoms with Gasteiger partial charge in [-0.3, -0.25) is 4.79 Å². The van der Waals surface area contributed by atoms with E-state index in [1.165, 1.54) is 28.7 Å². The maximum atomic E-state index is 12.1. The molecule has 0 aliphatic heterocycles. The maximum absolute atomic E-state index is 12.1. The van der Waals surface area contributed by atoms with E-state index in [1.54, 1.807) is 11.8 Å². The number of carbonyl (C=O) groups excluding carboxylic acids is 1. The Bertz CT molecular complexity index is 739. The number of thioether (sulfide) groups is 1. The Balaban J connectivity index is 1.74. The molecule has 0 spiro atoms. The second kappa shape index (κ2) is 7.83. The van der Waals surface area contributed by atoms with Crippen LogP contribution in [-0.4, -0.2) is 28.2 Å². The summed E-state index contributed by atoms with van der Waals surface area (Å²) in [5.74, 6) is 1.92. The van der Waals surface area contributed by atoms with E-state index >= 15 is 0 Å². The van der Waals surface area contributed by atoms with Gasteiger partial charge < -0.3 is 5.32 Å². The highest BCUT2D eigenvalue weighted by Gasteiger charge is 2.21. The van der Waals surface area contributed by atoms with Crippen molar-refractivity contribution in [1.82, 2.24) is 15.3 Å². The number of hydrogen-bond acceptors (Lipinski definition) is 5. The van der Waals surface area contributed by atoms with Gasteiger partial charge in [-0.1, -0.05) is 25.6 Å². The molecule has 24 heavy (non-hydrogen) atoms. The number of rotatable bonds is 6. The molecule has 0 unspecified atom stereocenters. The van der Waals surface area contributed by atoms with Gasteiger partial charge in [-0.25, -0.2) is 9.97 Å². The summed E-state index contributed by atoms with van der Waals surface area (Å²) >= 11 is 3.37. The Kier molecular flexibility index (Phi) is 5.76. The lowest BCUT2D eigenvalue weighted by Gasteiger charge is -2.12. The van der Waals surface area contributed by atoms with Crippen LogP contribution >= 0.6 is 23.1 Å². The van der Waals surface area contributed by atoms with Gasteiger partial charge in [-0.05, 0) is 50.5 Å². The Morgan fingerprint density at radius 2 is 2.08 bits per heavy atom. The number of thiophene rings is 1. The lowest BCUT2D eigenvalue weighted by atomic mass is 9.97. The summed E-state index contributed by atoms with van der Waals surface area (Å²) in [7, 11) is 0. The summed E-state index contributed by atoms with van der Waals surface area (Å²) in [6.07, 6.45) is 5.82. The normalized spacial score (nSPS) is 14.2. The fourth-order valence-electron chi connectivity index (χ4n) is 3.02. The van der Waals surface area contributed by atoms with Crippen molar-refractivity contribution in [2.24, 2.45) is 5.92 Å². The van der Waals surface area contributed by atoms with Crippen molar-refractivity contribution in [3.63, 3.8) is 0 Å². The lowest BCUT2D eigenvalue weighted by Crippen LogP contribution is -2.26. The third-order valence-electron chi connectivity index (χ3n) is 4.28. The van der Waals surface area contributed by atoms with Crippen molar-refractivity contribution in [3.8, 4) is 0 Å². The van der Waals surface area contributed by atoms with Gasteiger partial charge in [-0.2, -0.15) is 0 Å². The van der Waals surface area contributed by atoms with E-state index < -0.39 is 0 Å². The highest BCUT2D eigenvalue weighted by Crippen LogP contribution is 2.39. The van der Waals surface area contributed by atoms with E-state index in [2.05, 4.69) is 29.1 Å². The third-order valence-corrected chi connectivity index (χ3v) is 6.44. The van der Waals surface area contributed by atoms with E-state index in [4.69, 9.17) is 0 Å². The van der Waals surface area contributed by atoms with Crippen LogP contribution in [0.15, 0.2) is 5.03 Å². The van der Waals surface area contributed by atoms with Crippen LogP contribution < -0.4 is 5.32 Å². The lowest BCUT2D eigenvalue weighted by molar-refractivity contribution is -0.118.